The fourth-order valence-corrected chi connectivity index (χ4v) is 3.26. The predicted molar refractivity (Wildman–Crippen MR) is 63.5 cm³/mol. The van der Waals surface area contributed by atoms with Crippen molar-refractivity contribution in [2.75, 3.05) is 19.8 Å². The van der Waals surface area contributed by atoms with Gasteiger partial charge in [0.1, 0.15) is 0 Å². The second-order valence-corrected chi connectivity index (χ2v) is 6.25. The van der Waals surface area contributed by atoms with E-state index in [0.29, 0.717) is 19.6 Å². The van der Waals surface area contributed by atoms with Crippen LogP contribution in [0, 0.1) is 5.41 Å². The molecule has 1 saturated heterocycles. The fraction of sp³-hybridized carbons (Fsp3) is 1.00. The van der Waals surface area contributed by atoms with Crippen LogP contribution in [0.25, 0.3) is 0 Å². The molecule has 0 amide bonds. The molecule has 2 rings (SSSR count). The topological polar surface area (TPSA) is 58.9 Å². The highest BCUT2D eigenvalue weighted by atomic mass is 16.7. The Labute approximate surface area is 103 Å². The maximum absolute atomic E-state index is 9.95. The first-order valence-corrected chi connectivity index (χ1v) is 6.50. The van der Waals surface area contributed by atoms with Crippen LogP contribution >= 0.6 is 0 Å². The molecule has 0 aromatic rings. The van der Waals surface area contributed by atoms with E-state index in [0.717, 1.165) is 25.7 Å². The molecule has 1 saturated carbocycles. The Morgan fingerprint density at radius 2 is 1.59 bits per heavy atom. The van der Waals surface area contributed by atoms with Gasteiger partial charge in [0.25, 0.3) is 0 Å². The molecule has 2 aliphatic rings. The third-order valence-electron chi connectivity index (χ3n) is 4.03. The van der Waals surface area contributed by atoms with Crippen molar-refractivity contribution >= 4 is 0 Å². The summed E-state index contributed by atoms with van der Waals surface area (Å²) in [4.78, 5) is 0. The highest BCUT2D eigenvalue weighted by molar-refractivity contribution is 4.93. The van der Waals surface area contributed by atoms with Gasteiger partial charge in [-0.05, 0) is 38.5 Å². The first kappa shape index (κ1) is 13.3. The normalized spacial score (nSPS) is 27.5. The fourth-order valence-electron chi connectivity index (χ4n) is 3.26. The number of rotatable bonds is 3. The highest BCUT2D eigenvalue weighted by Crippen LogP contribution is 2.47. The molecular weight excluding hydrogens is 220 g/mol. The molecule has 17 heavy (non-hydrogen) atoms. The highest BCUT2D eigenvalue weighted by Gasteiger charge is 2.47. The van der Waals surface area contributed by atoms with Crippen LogP contribution in [0.5, 0.6) is 0 Å². The van der Waals surface area contributed by atoms with Crippen LogP contribution < -0.4 is 0 Å². The van der Waals surface area contributed by atoms with E-state index in [1.54, 1.807) is 13.8 Å². The van der Waals surface area contributed by atoms with Crippen LogP contribution in [-0.4, -0.2) is 41.4 Å². The van der Waals surface area contributed by atoms with Gasteiger partial charge >= 0.3 is 0 Å². The Morgan fingerprint density at radius 1 is 1.06 bits per heavy atom. The van der Waals surface area contributed by atoms with Gasteiger partial charge in [0.2, 0.25) is 0 Å². The standard InChI is InChI=1S/C13H24O4/c1-11(2,15)9-12(10-14)3-5-13(6-4-12)16-7-8-17-13/h14-15H,3-10H2,1-2H3. The lowest BCUT2D eigenvalue weighted by atomic mass is 9.67. The average Bonchev–Trinajstić information content (AvgIpc) is 2.69. The first-order chi connectivity index (χ1) is 7.89. The lowest BCUT2D eigenvalue weighted by Gasteiger charge is -2.45. The number of hydrogen-bond acceptors (Lipinski definition) is 4. The van der Waals surface area contributed by atoms with Gasteiger partial charge in [-0.1, -0.05) is 0 Å². The van der Waals surface area contributed by atoms with Gasteiger partial charge in [0, 0.05) is 19.4 Å². The zero-order valence-electron chi connectivity index (χ0n) is 10.9. The molecule has 2 N–H and O–H groups in total. The minimum atomic E-state index is -0.732. The van der Waals surface area contributed by atoms with Gasteiger partial charge in [-0.3, -0.25) is 0 Å². The van der Waals surface area contributed by atoms with E-state index in [2.05, 4.69) is 0 Å². The van der Waals surface area contributed by atoms with Crippen molar-refractivity contribution in [2.45, 2.75) is 57.3 Å². The molecule has 2 fully saturated rings. The lowest BCUT2D eigenvalue weighted by Crippen LogP contribution is -2.44. The SMILES string of the molecule is CC(C)(O)CC1(CO)CCC2(CC1)OCCO2. The van der Waals surface area contributed by atoms with Gasteiger partial charge < -0.3 is 19.7 Å². The smallest absolute Gasteiger partial charge is 0.168 e. The van der Waals surface area contributed by atoms with Gasteiger partial charge in [-0.2, -0.15) is 0 Å². The van der Waals surface area contributed by atoms with E-state index in [-0.39, 0.29) is 12.0 Å². The lowest BCUT2D eigenvalue weighted by molar-refractivity contribution is -0.199. The summed E-state index contributed by atoms with van der Waals surface area (Å²) in [6.45, 7) is 5.09. The quantitative estimate of drug-likeness (QED) is 0.789. The third-order valence-corrected chi connectivity index (χ3v) is 4.03. The number of ether oxygens (including phenoxy) is 2. The van der Waals surface area contributed by atoms with Crippen LogP contribution in [0.15, 0.2) is 0 Å². The van der Waals surface area contributed by atoms with Gasteiger partial charge in [-0.25, -0.2) is 0 Å². The maximum atomic E-state index is 9.95. The maximum Gasteiger partial charge on any atom is 0.168 e. The minimum Gasteiger partial charge on any atom is -0.396 e. The molecule has 100 valence electrons. The summed E-state index contributed by atoms with van der Waals surface area (Å²) in [7, 11) is 0. The first-order valence-electron chi connectivity index (χ1n) is 6.50. The molecular formula is C13H24O4. The van der Waals surface area contributed by atoms with E-state index in [1.165, 1.54) is 0 Å². The molecule has 0 bridgehead atoms. The molecule has 0 aromatic carbocycles. The van der Waals surface area contributed by atoms with E-state index in [1.807, 2.05) is 0 Å². The van der Waals surface area contributed by atoms with E-state index in [4.69, 9.17) is 9.47 Å². The monoisotopic (exact) mass is 244 g/mol. The zero-order chi connectivity index (χ0) is 12.6. The van der Waals surface area contributed by atoms with Crippen molar-refractivity contribution in [2.24, 2.45) is 5.41 Å². The molecule has 0 atom stereocenters. The van der Waals surface area contributed by atoms with Crippen molar-refractivity contribution in [3.63, 3.8) is 0 Å². The molecule has 1 heterocycles. The van der Waals surface area contributed by atoms with Gasteiger partial charge in [0.15, 0.2) is 5.79 Å². The van der Waals surface area contributed by atoms with Crippen molar-refractivity contribution in [3.8, 4) is 0 Å². The number of hydrogen-bond donors (Lipinski definition) is 2. The Kier molecular flexibility index (Phi) is 3.51. The van der Waals surface area contributed by atoms with Crippen molar-refractivity contribution in [1.82, 2.24) is 0 Å². The molecule has 0 radical (unpaired) electrons. The van der Waals surface area contributed by atoms with E-state index < -0.39 is 11.4 Å². The zero-order valence-corrected chi connectivity index (χ0v) is 10.9. The minimum absolute atomic E-state index is 0.132. The average molecular weight is 244 g/mol. The molecule has 4 heteroatoms. The van der Waals surface area contributed by atoms with Crippen LogP contribution in [0.3, 0.4) is 0 Å². The Hall–Kier alpha value is -0.160. The molecule has 0 aromatic heterocycles. The van der Waals surface area contributed by atoms with E-state index >= 15 is 0 Å². The second-order valence-electron chi connectivity index (χ2n) is 6.25. The van der Waals surface area contributed by atoms with Crippen molar-refractivity contribution in [1.29, 1.82) is 0 Å². The molecule has 4 nitrogen and oxygen atoms in total. The van der Waals surface area contributed by atoms with Crippen LogP contribution in [-0.2, 0) is 9.47 Å². The number of aliphatic hydroxyl groups is 2. The van der Waals surface area contributed by atoms with Crippen LogP contribution in [0.1, 0.15) is 46.0 Å². The Morgan fingerprint density at radius 3 is 2.00 bits per heavy atom. The van der Waals surface area contributed by atoms with Gasteiger partial charge in [-0.15, -0.1) is 0 Å². The molecule has 0 unspecified atom stereocenters. The second kappa shape index (κ2) is 4.50. The third kappa shape index (κ3) is 2.99. The summed E-state index contributed by atoms with van der Waals surface area (Å²) in [6.07, 6.45) is 3.99. The summed E-state index contributed by atoms with van der Waals surface area (Å²) in [6, 6.07) is 0. The summed E-state index contributed by atoms with van der Waals surface area (Å²) in [5.41, 5.74) is -0.899. The summed E-state index contributed by atoms with van der Waals surface area (Å²) in [5.74, 6) is -0.391. The molecule has 1 spiro atoms. The van der Waals surface area contributed by atoms with Crippen molar-refractivity contribution < 1.29 is 19.7 Å². The van der Waals surface area contributed by atoms with Gasteiger partial charge in [0.05, 0.1) is 18.8 Å². The van der Waals surface area contributed by atoms with E-state index in [9.17, 15) is 10.2 Å². The molecule has 1 aliphatic carbocycles. The largest absolute Gasteiger partial charge is 0.396 e. The summed E-state index contributed by atoms with van der Waals surface area (Å²) in [5, 5.41) is 19.6. The predicted octanol–water partition coefficient (Wildman–Crippen LogP) is 1.44. The summed E-state index contributed by atoms with van der Waals surface area (Å²) >= 11 is 0. The van der Waals surface area contributed by atoms with Crippen LogP contribution in [0.2, 0.25) is 0 Å². The number of aliphatic hydroxyl groups excluding tert-OH is 1. The molecule has 1 aliphatic heterocycles. The van der Waals surface area contributed by atoms with Crippen LogP contribution in [0.4, 0.5) is 0 Å². The van der Waals surface area contributed by atoms with Crippen molar-refractivity contribution in [3.05, 3.63) is 0 Å². The Bertz CT molecular complexity index is 253. The summed E-state index contributed by atoms with van der Waals surface area (Å²) < 4.78 is 11.4. The Balaban J connectivity index is 1.99.